The maximum atomic E-state index is 11.8. The molecular formula is C17H19N5OSe. The molecule has 2 aromatic heterocycles. The molecule has 3 rings (SSSR count). The van der Waals surface area contributed by atoms with Crippen LogP contribution in [0.15, 0.2) is 30.6 Å². The van der Waals surface area contributed by atoms with E-state index in [4.69, 9.17) is 11.5 Å². The molecule has 0 atom stereocenters. The van der Waals surface area contributed by atoms with Gasteiger partial charge in [-0.2, -0.15) is 0 Å². The van der Waals surface area contributed by atoms with E-state index < -0.39 is 5.91 Å². The molecule has 0 saturated heterocycles. The Hall–Kier alpha value is -2.37. The summed E-state index contributed by atoms with van der Waals surface area (Å²) >= 11 is -0.0890. The maximum absolute atomic E-state index is 11.8. The SMILES string of the molecule is CC(C)(C)c1cc(Nc2ncnc3ccc(N)cc23)c(C(N)=O)[se]1. The molecule has 0 saturated carbocycles. The van der Waals surface area contributed by atoms with Crippen LogP contribution in [-0.4, -0.2) is 30.4 Å². The third kappa shape index (κ3) is 3.13. The molecule has 0 aliphatic heterocycles. The number of carbonyl (C=O) groups is 1. The van der Waals surface area contributed by atoms with Gasteiger partial charge in [0, 0.05) is 0 Å². The molecule has 0 fully saturated rings. The molecule has 0 aliphatic rings. The molecular weight excluding hydrogens is 369 g/mol. The molecule has 0 radical (unpaired) electrons. The summed E-state index contributed by atoms with van der Waals surface area (Å²) in [6, 6.07) is 7.47. The van der Waals surface area contributed by atoms with Crippen molar-refractivity contribution in [2.24, 2.45) is 5.73 Å². The number of nitrogens with two attached hydrogens (primary N) is 2. The third-order valence-electron chi connectivity index (χ3n) is 3.61. The van der Waals surface area contributed by atoms with Crippen LogP contribution in [-0.2, 0) is 5.41 Å². The molecule has 6 nitrogen and oxygen atoms in total. The molecule has 0 bridgehead atoms. The normalized spacial score (nSPS) is 11.6. The predicted octanol–water partition coefficient (Wildman–Crippen LogP) is 2.41. The van der Waals surface area contributed by atoms with Gasteiger partial charge in [-0.05, 0) is 0 Å². The Labute approximate surface area is 146 Å². The van der Waals surface area contributed by atoms with Crippen LogP contribution in [0, 0.1) is 0 Å². The molecule has 0 aliphatic carbocycles. The molecule has 7 heteroatoms. The number of amides is 1. The van der Waals surface area contributed by atoms with Crippen molar-refractivity contribution in [2.75, 3.05) is 11.1 Å². The van der Waals surface area contributed by atoms with E-state index in [0.717, 1.165) is 16.6 Å². The van der Waals surface area contributed by atoms with Gasteiger partial charge in [0.05, 0.1) is 0 Å². The first-order valence-electron chi connectivity index (χ1n) is 7.47. The summed E-state index contributed by atoms with van der Waals surface area (Å²) in [6.07, 6.45) is 1.49. The van der Waals surface area contributed by atoms with Crippen molar-refractivity contribution in [3.63, 3.8) is 0 Å². The number of anilines is 3. The van der Waals surface area contributed by atoms with Gasteiger partial charge in [-0.15, -0.1) is 0 Å². The minimum absolute atomic E-state index is 0.0116. The summed E-state index contributed by atoms with van der Waals surface area (Å²) in [5.41, 5.74) is 13.6. The molecule has 2 heterocycles. The first kappa shape index (κ1) is 16.5. The van der Waals surface area contributed by atoms with Crippen molar-refractivity contribution >= 4 is 48.5 Å². The van der Waals surface area contributed by atoms with Gasteiger partial charge < -0.3 is 0 Å². The average Bonchev–Trinajstić information content (AvgIpc) is 2.92. The van der Waals surface area contributed by atoms with Crippen LogP contribution in [0.1, 0.15) is 34.4 Å². The second-order valence-electron chi connectivity index (χ2n) is 6.59. The number of nitrogens with one attached hydrogen (secondary N) is 1. The Balaban J connectivity index is 2.10. The van der Waals surface area contributed by atoms with Gasteiger partial charge >= 0.3 is 146 Å². The Morgan fingerprint density at radius 1 is 1.21 bits per heavy atom. The van der Waals surface area contributed by atoms with Crippen LogP contribution in [0.3, 0.4) is 0 Å². The first-order chi connectivity index (χ1) is 11.3. The van der Waals surface area contributed by atoms with Gasteiger partial charge in [0.2, 0.25) is 0 Å². The van der Waals surface area contributed by atoms with Crippen molar-refractivity contribution in [3.8, 4) is 0 Å². The van der Waals surface area contributed by atoms with Crippen LogP contribution >= 0.6 is 0 Å². The van der Waals surface area contributed by atoms with E-state index in [1.165, 1.54) is 10.8 Å². The van der Waals surface area contributed by atoms with Gasteiger partial charge in [-0.25, -0.2) is 0 Å². The van der Waals surface area contributed by atoms with Gasteiger partial charge in [0.1, 0.15) is 0 Å². The molecule has 3 aromatic rings. The standard InChI is InChI=1S/C17H19N5OSe/c1-17(2,3)13-7-12(14(24-13)15(19)23)22-16-10-6-9(18)4-5-11(10)20-8-21-16/h4-8H,18H2,1-3H3,(H2,19,23)(H,20,21,22). The minimum atomic E-state index is -0.397. The summed E-state index contributed by atoms with van der Waals surface area (Å²) in [5, 5.41) is 4.06. The molecule has 1 aromatic carbocycles. The van der Waals surface area contributed by atoms with Crippen molar-refractivity contribution in [1.82, 2.24) is 9.97 Å². The van der Waals surface area contributed by atoms with E-state index in [0.29, 0.717) is 15.9 Å². The number of aromatic nitrogens is 2. The number of rotatable bonds is 3. The number of fused-ring (bicyclic) bond motifs is 1. The zero-order valence-electron chi connectivity index (χ0n) is 13.8. The molecule has 1 amide bonds. The zero-order valence-corrected chi connectivity index (χ0v) is 15.5. The number of nitrogens with zero attached hydrogens (tertiary/aromatic N) is 2. The van der Waals surface area contributed by atoms with E-state index in [2.05, 4.69) is 36.1 Å². The Kier molecular flexibility index (Phi) is 4.07. The van der Waals surface area contributed by atoms with E-state index in [1.807, 2.05) is 18.2 Å². The number of primary amides is 1. The van der Waals surface area contributed by atoms with Crippen LogP contribution in [0.5, 0.6) is 0 Å². The predicted molar refractivity (Wildman–Crippen MR) is 97.8 cm³/mol. The molecule has 0 spiro atoms. The van der Waals surface area contributed by atoms with Crippen LogP contribution in [0.4, 0.5) is 17.2 Å². The van der Waals surface area contributed by atoms with Crippen LogP contribution in [0.25, 0.3) is 10.9 Å². The average molecular weight is 388 g/mol. The van der Waals surface area contributed by atoms with Gasteiger partial charge in [0.25, 0.3) is 0 Å². The Morgan fingerprint density at radius 2 is 1.96 bits per heavy atom. The Bertz CT molecular complexity index is 926. The Morgan fingerprint density at radius 3 is 2.62 bits per heavy atom. The molecule has 5 N–H and O–H groups in total. The van der Waals surface area contributed by atoms with Crippen LogP contribution in [0.2, 0.25) is 0 Å². The van der Waals surface area contributed by atoms with E-state index in [9.17, 15) is 4.79 Å². The second kappa shape index (κ2) is 5.92. The third-order valence-corrected chi connectivity index (χ3v) is 6.91. The monoisotopic (exact) mass is 389 g/mol. The summed E-state index contributed by atoms with van der Waals surface area (Å²) in [4.78, 5) is 20.4. The van der Waals surface area contributed by atoms with Gasteiger partial charge in [0.15, 0.2) is 0 Å². The topological polar surface area (TPSA) is 107 Å². The molecule has 0 unspecified atom stereocenters. The van der Waals surface area contributed by atoms with Gasteiger partial charge in [-0.1, -0.05) is 0 Å². The summed E-state index contributed by atoms with van der Waals surface area (Å²) < 4.78 is 1.84. The summed E-state index contributed by atoms with van der Waals surface area (Å²) in [7, 11) is 0. The molecule has 124 valence electrons. The van der Waals surface area contributed by atoms with Crippen molar-refractivity contribution in [1.29, 1.82) is 0 Å². The summed E-state index contributed by atoms with van der Waals surface area (Å²) in [5.74, 6) is 0.217. The summed E-state index contributed by atoms with van der Waals surface area (Å²) in [6.45, 7) is 6.38. The van der Waals surface area contributed by atoms with Crippen molar-refractivity contribution in [3.05, 3.63) is 39.5 Å². The second-order valence-corrected chi connectivity index (χ2v) is 8.80. The number of hydrogen-bond acceptors (Lipinski definition) is 5. The quantitative estimate of drug-likeness (QED) is 0.472. The van der Waals surface area contributed by atoms with Crippen molar-refractivity contribution in [2.45, 2.75) is 26.2 Å². The fraction of sp³-hybridized carbons (Fsp3) is 0.235. The van der Waals surface area contributed by atoms with Gasteiger partial charge in [-0.3, -0.25) is 0 Å². The first-order valence-corrected chi connectivity index (χ1v) is 9.18. The fourth-order valence-corrected chi connectivity index (χ4v) is 4.49. The number of carbonyl (C=O) groups excluding carboxylic acids is 1. The van der Waals surface area contributed by atoms with Crippen molar-refractivity contribution < 1.29 is 4.79 Å². The number of nitrogen functional groups attached to an aromatic ring is 1. The molecule has 24 heavy (non-hydrogen) atoms. The number of hydrogen-bond donors (Lipinski definition) is 3. The van der Waals surface area contributed by atoms with E-state index in [1.54, 1.807) is 6.07 Å². The number of benzene rings is 1. The van der Waals surface area contributed by atoms with E-state index in [-0.39, 0.29) is 19.9 Å². The fourth-order valence-electron chi connectivity index (χ4n) is 2.34. The zero-order chi connectivity index (χ0) is 17.5. The van der Waals surface area contributed by atoms with E-state index >= 15 is 0 Å². The van der Waals surface area contributed by atoms with Crippen LogP contribution < -0.4 is 16.8 Å².